The van der Waals surface area contributed by atoms with Gasteiger partial charge in [-0.25, -0.2) is 4.39 Å². The smallest absolute Gasteiger partial charge is 0.269 e. The van der Waals surface area contributed by atoms with Gasteiger partial charge in [-0.3, -0.25) is 14.9 Å². The summed E-state index contributed by atoms with van der Waals surface area (Å²) in [5.74, 6) is -0.745. The molecule has 1 aromatic heterocycles. The molecule has 0 bridgehead atoms. The van der Waals surface area contributed by atoms with Crippen LogP contribution in [0, 0.1) is 15.9 Å². The van der Waals surface area contributed by atoms with Crippen LogP contribution in [0.2, 0.25) is 0 Å². The minimum Gasteiger partial charge on any atom is -0.355 e. The zero-order chi connectivity index (χ0) is 26.5. The Morgan fingerprint density at radius 1 is 1.03 bits per heavy atom. The Bertz CT molecular complexity index is 1430. The van der Waals surface area contributed by atoms with Crippen molar-refractivity contribution >= 4 is 22.5 Å². The van der Waals surface area contributed by atoms with E-state index in [1.165, 1.54) is 31.0 Å². The van der Waals surface area contributed by atoms with Crippen LogP contribution < -0.4 is 5.32 Å². The third-order valence-corrected chi connectivity index (χ3v) is 7.28. The number of fused-ring (bicyclic) bond motifs is 1. The largest absolute Gasteiger partial charge is 0.355 e. The van der Waals surface area contributed by atoms with Gasteiger partial charge < -0.3 is 14.8 Å². The highest BCUT2D eigenvalue weighted by molar-refractivity contribution is 5.87. The number of aromatic nitrogens is 1. The second-order valence-corrected chi connectivity index (χ2v) is 9.86. The van der Waals surface area contributed by atoms with E-state index in [0.29, 0.717) is 13.1 Å². The van der Waals surface area contributed by atoms with Crippen LogP contribution in [0.4, 0.5) is 10.1 Å². The summed E-state index contributed by atoms with van der Waals surface area (Å²) in [4.78, 5) is 26.6. The molecule has 5 rings (SSSR count). The summed E-state index contributed by atoms with van der Waals surface area (Å²) in [6, 6.07) is 20.9. The predicted molar refractivity (Wildman–Crippen MR) is 146 cm³/mol. The number of benzene rings is 3. The molecule has 0 aliphatic carbocycles. The van der Waals surface area contributed by atoms with Gasteiger partial charge in [0.15, 0.2) is 0 Å². The van der Waals surface area contributed by atoms with E-state index < -0.39 is 4.92 Å². The molecule has 2 heterocycles. The van der Waals surface area contributed by atoms with Crippen molar-refractivity contribution in [1.82, 2.24) is 14.8 Å². The lowest BCUT2D eigenvalue weighted by atomic mass is 9.87. The van der Waals surface area contributed by atoms with Crippen molar-refractivity contribution in [3.05, 3.63) is 112 Å². The molecule has 1 fully saturated rings. The standard InChI is InChI=1S/C30H31FN4O3/c31-24-12-10-22(11-13-24)20-34-21-28(26-8-1-2-9-29(26)34)27(23-6-5-7-25(18-23)35(37)38)19-30(36)32-14-17-33-15-3-4-16-33/h1-2,5-13,18,21,27H,3-4,14-17,19-20H2,(H,32,36)/t27-/m0/s1. The van der Waals surface area contributed by atoms with Gasteiger partial charge in [-0.2, -0.15) is 0 Å². The molecular formula is C30H31FN4O3. The number of hydrogen-bond acceptors (Lipinski definition) is 4. The monoisotopic (exact) mass is 514 g/mol. The second kappa shape index (κ2) is 11.6. The number of non-ortho nitro benzene ring substituents is 1. The van der Waals surface area contributed by atoms with Gasteiger partial charge in [-0.1, -0.05) is 42.5 Å². The number of likely N-dealkylation sites (tertiary alicyclic amines) is 1. The number of para-hydroxylation sites is 1. The Morgan fingerprint density at radius 2 is 1.79 bits per heavy atom. The van der Waals surface area contributed by atoms with Crippen molar-refractivity contribution in [2.75, 3.05) is 26.2 Å². The fraction of sp³-hybridized carbons (Fsp3) is 0.300. The van der Waals surface area contributed by atoms with Crippen LogP contribution in [0.5, 0.6) is 0 Å². The molecule has 0 spiro atoms. The number of rotatable bonds is 10. The summed E-state index contributed by atoms with van der Waals surface area (Å²) < 4.78 is 15.6. The fourth-order valence-electron chi connectivity index (χ4n) is 5.35. The molecule has 196 valence electrons. The average Bonchev–Trinajstić information content (AvgIpc) is 3.57. The van der Waals surface area contributed by atoms with Crippen LogP contribution >= 0.6 is 0 Å². The van der Waals surface area contributed by atoms with Crippen molar-refractivity contribution in [2.24, 2.45) is 0 Å². The van der Waals surface area contributed by atoms with E-state index in [2.05, 4.69) is 14.8 Å². The number of nitrogens with one attached hydrogen (secondary N) is 1. The summed E-state index contributed by atoms with van der Waals surface area (Å²) in [6.07, 6.45) is 4.59. The van der Waals surface area contributed by atoms with Crippen LogP contribution in [-0.2, 0) is 11.3 Å². The molecule has 1 atom stereocenters. The Morgan fingerprint density at radius 3 is 2.55 bits per heavy atom. The van der Waals surface area contributed by atoms with Gasteiger partial charge in [0, 0.05) is 61.2 Å². The number of amides is 1. The highest BCUT2D eigenvalue weighted by Crippen LogP contribution is 2.36. The highest BCUT2D eigenvalue weighted by Gasteiger charge is 2.24. The quantitative estimate of drug-likeness (QED) is 0.225. The van der Waals surface area contributed by atoms with Crippen molar-refractivity contribution in [3.63, 3.8) is 0 Å². The first kappa shape index (κ1) is 25.6. The predicted octanol–water partition coefficient (Wildman–Crippen LogP) is 5.47. The second-order valence-electron chi connectivity index (χ2n) is 9.86. The number of hydrogen-bond donors (Lipinski definition) is 1. The maximum atomic E-state index is 13.5. The Kier molecular flexibility index (Phi) is 7.79. The third-order valence-electron chi connectivity index (χ3n) is 7.28. The molecule has 1 aliphatic heterocycles. The summed E-state index contributed by atoms with van der Waals surface area (Å²) >= 11 is 0. The molecule has 0 saturated carbocycles. The number of halogens is 1. The lowest BCUT2D eigenvalue weighted by Crippen LogP contribution is -2.34. The Labute approximate surface area is 221 Å². The molecule has 1 N–H and O–H groups in total. The molecule has 4 aromatic rings. The van der Waals surface area contributed by atoms with Crippen molar-refractivity contribution < 1.29 is 14.1 Å². The summed E-state index contributed by atoms with van der Waals surface area (Å²) in [5.41, 5.74) is 3.58. The molecule has 0 unspecified atom stereocenters. The van der Waals surface area contributed by atoms with Crippen LogP contribution in [0.15, 0.2) is 79.0 Å². The average molecular weight is 515 g/mol. The van der Waals surface area contributed by atoms with Gasteiger partial charge in [0.25, 0.3) is 5.69 Å². The fourth-order valence-corrected chi connectivity index (χ4v) is 5.35. The lowest BCUT2D eigenvalue weighted by Gasteiger charge is -2.19. The molecule has 7 nitrogen and oxygen atoms in total. The number of nitro groups is 1. The molecule has 1 saturated heterocycles. The van der Waals surface area contributed by atoms with E-state index in [1.54, 1.807) is 24.3 Å². The number of nitro benzene ring substituents is 1. The van der Waals surface area contributed by atoms with Crippen LogP contribution in [-0.4, -0.2) is 46.5 Å². The van der Waals surface area contributed by atoms with E-state index in [4.69, 9.17) is 0 Å². The Balaban J connectivity index is 1.47. The van der Waals surface area contributed by atoms with Crippen molar-refractivity contribution in [3.8, 4) is 0 Å². The van der Waals surface area contributed by atoms with E-state index >= 15 is 0 Å². The minimum absolute atomic E-state index is 0.00279. The van der Waals surface area contributed by atoms with Crippen LogP contribution in [0.1, 0.15) is 41.9 Å². The first-order valence-corrected chi connectivity index (χ1v) is 13.0. The Hall–Kier alpha value is -4.04. The van der Waals surface area contributed by atoms with Gasteiger partial charge >= 0.3 is 0 Å². The van der Waals surface area contributed by atoms with E-state index in [1.807, 2.05) is 36.5 Å². The summed E-state index contributed by atoms with van der Waals surface area (Å²) in [5, 5.41) is 15.6. The van der Waals surface area contributed by atoms with Crippen molar-refractivity contribution in [1.29, 1.82) is 0 Å². The third kappa shape index (κ3) is 5.92. The summed E-state index contributed by atoms with van der Waals surface area (Å²) in [6.45, 7) is 4.07. The normalized spacial score (nSPS) is 14.6. The van der Waals surface area contributed by atoms with Gasteiger partial charge in [0.05, 0.1) is 4.92 Å². The first-order valence-electron chi connectivity index (χ1n) is 13.0. The number of carbonyl (C=O) groups is 1. The van der Waals surface area contributed by atoms with Gasteiger partial charge in [0.1, 0.15) is 5.82 Å². The van der Waals surface area contributed by atoms with E-state index in [0.717, 1.165) is 47.2 Å². The molecule has 8 heteroatoms. The van der Waals surface area contributed by atoms with Gasteiger partial charge in [0.2, 0.25) is 5.91 Å². The van der Waals surface area contributed by atoms with E-state index in [-0.39, 0.29) is 29.8 Å². The molecule has 0 radical (unpaired) electrons. The van der Waals surface area contributed by atoms with Crippen LogP contribution in [0.3, 0.4) is 0 Å². The topological polar surface area (TPSA) is 80.4 Å². The maximum Gasteiger partial charge on any atom is 0.269 e. The molecule has 1 amide bonds. The minimum atomic E-state index is -0.408. The van der Waals surface area contributed by atoms with E-state index in [9.17, 15) is 19.3 Å². The maximum absolute atomic E-state index is 13.5. The molecular weight excluding hydrogens is 483 g/mol. The molecule has 3 aromatic carbocycles. The lowest BCUT2D eigenvalue weighted by molar-refractivity contribution is -0.384. The SMILES string of the molecule is O=C(C[C@@H](c1cccc([N+](=O)[O-])c1)c1cn(Cc2ccc(F)cc2)c2ccccc12)NCCN1CCCC1. The highest BCUT2D eigenvalue weighted by atomic mass is 19.1. The zero-order valence-electron chi connectivity index (χ0n) is 21.2. The molecule has 1 aliphatic rings. The number of nitrogens with zero attached hydrogens (tertiary/aromatic N) is 3. The first-order chi connectivity index (χ1) is 18.5. The molecule has 38 heavy (non-hydrogen) atoms. The zero-order valence-corrected chi connectivity index (χ0v) is 21.2. The number of carbonyl (C=O) groups excluding carboxylic acids is 1. The summed E-state index contributed by atoms with van der Waals surface area (Å²) in [7, 11) is 0. The van der Waals surface area contributed by atoms with Crippen LogP contribution in [0.25, 0.3) is 10.9 Å². The van der Waals surface area contributed by atoms with Crippen molar-refractivity contribution in [2.45, 2.75) is 31.7 Å². The van der Waals surface area contributed by atoms with Gasteiger partial charge in [-0.15, -0.1) is 0 Å². The van der Waals surface area contributed by atoms with Gasteiger partial charge in [-0.05, 0) is 60.8 Å².